The van der Waals surface area contributed by atoms with Gasteiger partial charge in [-0.1, -0.05) is 12.1 Å². The molecule has 4 nitrogen and oxygen atoms in total. The molecular weight excluding hydrogens is 254 g/mol. The van der Waals surface area contributed by atoms with Crippen LogP contribution in [0.4, 0.5) is 0 Å². The molecule has 0 spiro atoms. The summed E-state index contributed by atoms with van der Waals surface area (Å²) < 4.78 is 16.9. The minimum absolute atomic E-state index is 0.0780. The maximum Gasteiger partial charge on any atom is 0.119 e. The second-order valence-electron chi connectivity index (χ2n) is 5.28. The Morgan fingerprint density at radius 2 is 2.05 bits per heavy atom. The van der Waals surface area contributed by atoms with E-state index in [0.29, 0.717) is 12.6 Å². The van der Waals surface area contributed by atoms with Gasteiger partial charge in [-0.15, -0.1) is 0 Å². The molecule has 0 saturated heterocycles. The third-order valence-electron chi connectivity index (χ3n) is 3.95. The molecule has 0 aromatic heterocycles. The van der Waals surface area contributed by atoms with Crippen LogP contribution in [0, 0.1) is 0 Å². The highest BCUT2D eigenvalue weighted by molar-refractivity contribution is 5.30. The summed E-state index contributed by atoms with van der Waals surface area (Å²) in [7, 11) is 3.44. The van der Waals surface area contributed by atoms with E-state index in [0.717, 1.165) is 37.0 Å². The molecule has 3 atom stereocenters. The molecule has 1 aromatic carbocycles. The van der Waals surface area contributed by atoms with Crippen LogP contribution in [-0.2, 0) is 9.47 Å². The molecule has 2 N–H and O–H groups in total. The summed E-state index contributed by atoms with van der Waals surface area (Å²) in [4.78, 5) is 0. The summed E-state index contributed by atoms with van der Waals surface area (Å²) in [6.07, 6.45) is 4.79. The van der Waals surface area contributed by atoms with Gasteiger partial charge in [-0.2, -0.15) is 0 Å². The Balaban J connectivity index is 2.00. The van der Waals surface area contributed by atoms with Crippen LogP contribution >= 0.6 is 0 Å². The number of methoxy groups -OCH3 is 2. The van der Waals surface area contributed by atoms with Gasteiger partial charge in [0.1, 0.15) is 5.75 Å². The Kier molecular flexibility index (Phi) is 5.83. The van der Waals surface area contributed by atoms with E-state index in [1.807, 2.05) is 24.3 Å². The van der Waals surface area contributed by atoms with Crippen LogP contribution in [0.15, 0.2) is 24.3 Å². The molecule has 20 heavy (non-hydrogen) atoms. The third kappa shape index (κ3) is 3.95. The fourth-order valence-corrected chi connectivity index (χ4v) is 2.78. The van der Waals surface area contributed by atoms with Crippen molar-refractivity contribution in [2.45, 2.75) is 44.0 Å². The average Bonchev–Trinajstić information content (AvgIpc) is 2.52. The molecule has 1 aliphatic rings. The SMILES string of the molecule is COc1cccc(C(CN)OC2CCCC(OC)C2)c1. The largest absolute Gasteiger partial charge is 0.497 e. The van der Waals surface area contributed by atoms with Gasteiger partial charge < -0.3 is 19.9 Å². The van der Waals surface area contributed by atoms with Crippen LogP contribution < -0.4 is 10.5 Å². The van der Waals surface area contributed by atoms with Crippen molar-refractivity contribution >= 4 is 0 Å². The van der Waals surface area contributed by atoms with Gasteiger partial charge in [-0.05, 0) is 43.4 Å². The van der Waals surface area contributed by atoms with Gasteiger partial charge in [-0.25, -0.2) is 0 Å². The van der Waals surface area contributed by atoms with Crippen LogP contribution in [-0.4, -0.2) is 33.0 Å². The van der Waals surface area contributed by atoms with E-state index in [4.69, 9.17) is 19.9 Å². The zero-order valence-electron chi connectivity index (χ0n) is 12.4. The standard InChI is InChI=1S/C16H25NO3/c1-18-13-6-3-5-12(9-13)16(11-17)20-15-8-4-7-14(10-15)19-2/h3,5-6,9,14-16H,4,7-8,10-11,17H2,1-2H3. The molecular formula is C16H25NO3. The molecule has 0 amide bonds. The van der Waals surface area contributed by atoms with Crippen molar-refractivity contribution in [3.8, 4) is 5.75 Å². The number of hydrogen-bond acceptors (Lipinski definition) is 4. The first-order valence-corrected chi connectivity index (χ1v) is 7.29. The van der Waals surface area contributed by atoms with Crippen molar-refractivity contribution in [3.05, 3.63) is 29.8 Å². The highest BCUT2D eigenvalue weighted by Gasteiger charge is 2.25. The first-order chi connectivity index (χ1) is 9.76. The van der Waals surface area contributed by atoms with Crippen molar-refractivity contribution in [1.82, 2.24) is 0 Å². The lowest BCUT2D eigenvalue weighted by atomic mass is 9.94. The van der Waals surface area contributed by atoms with Gasteiger partial charge in [0.2, 0.25) is 0 Å². The van der Waals surface area contributed by atoms with Crippen LogP contribution in [0.5, 0.6) is 5.75 Å². The molecule has 2 rings (SSSR count). The first kappa shape index (κ1) is 15.3. The van der Waals surface area contributed by atoms with Crippen molar-refractivity contribution < 1.29 is 14.2 Å². The molecule has 0 bridgehead atoms. The molecule has 1 saturated carbocycles. The molecule has 1 aliphatic carbocycles. The fourth-order valence-electron chi connectivity index (χ4n) is 2.78. The van der Waals surface area contributed by atoms with E-state index < -0.39 is 0 Å². The van der Waals surface area contributed by atoms with Crippen LogP contribution in [0.3, 0.4) is 0 Å². The highest BCUT2D eigenvalue weighted by Crippen LogP contribution is 2.29. The number of rotatable bonds is 6. The van der Waals surface area contributed by atoms with Crippen LogP contribution in [0.1, 0.15) is 37.4 Å². The smallest absolute Gasteiger partial charge is 0.119 e. The molecule has 112 valence electrons. The molecule has 1 fully saturated rings. The quantitative estimate of drug-likeness (QED) is 0.870. The minimum Gasteiger partial charge on any atom is -0.497 e. The summed E-state index contributed by atoms with van der Waals surface area (Å²) in [5.41, 5.74) is 6.96. The van der Waals surface area contributed by atoms with Gasteiger partial charge in [0, 0.05) is 13.7 Å². The van der Waals surface area contributed by atoms with Crippen molar-refractivity contribution in [2.75, 3.05) is 20.8 Å². The summed E-state index contributed by atoms with van der Waals surface area (Å²) in [6.45, 7) is 0.474. The van der Waals surface area contributed by atoms with Crippen molar-refractivity contribution in [3.63, 3.8) is 0 Å². The van der Waals surface area contributed by atoms with Crippen molar-refractivity contribution in [1.29, 1.82) is 0 Å². The number of hydrogen-bond donors (Lipinski definition) is 1. The summed E-state index contributed by atoms with van der Waals surface area (Å²) in [5, 5.41) is 0. The predicted molar refractivity (Wildman–Crippen MR) is 78.9 cm³/mol. The number of benzene rings is 1. The predicted octanol–water partition coefficient (Wildman–Crippen LogP) is 2.67. The van der Waals surface area contributed by atoms with E-state index in [1.54, 1.807) is 14.2 Å². The zero-order chi connectivity index (χ0) is 14.4. The summed E-state index contributed by atoms with van der Waals surface area (Å²) in [6, 6.07) is 7.93. The second kappa shape index (κ2) is 7.62. The van der Waals surface area contributed by atoms with Crippen molar-refractivity contribution in [2.24, 2.45) is 5.73 Å². The summed E-state index contributed by atoms with van der Waals surface area (Å²) in [5.74, 6) is 0.836. The van der Waals surface area contributed by atoms with E-state index >= 15 is 0 Å². The zero-order valence-corrected chi connectivity index (χ0v) is 12.4. The molecule has 0 heterocycles. The Labute approximate surface area is 121 Å². The third-order valence-corrected chi connectivity index (χ3v) is 3.95. The van der Waals surface area contributed by atoms with E-state index in [9.17, 15) is 0 Å². The van der Waals surface area contributed by atoms with Gasteiger partial charge >= 0.3 is 0 Å². The van der Waals surface area contributed by atoms with E-state index in [2.05, 4.69) is 0 Å². The highest BCUT2D eigenvalue weighted by atomic mass is 16.5. The van der Waals surface area contributed by atoms with E-state index in [-0.39, 0.29) is 12.2 Å². The molecule has 1 aromatic rings. The normalized spacial score (nSPS) is 24.4. The monoisotopic (exact) mass is 279 g/mol. The van der Waals surface area contributed by atoms with Gasteiger partial charge in [0.25, 0.3) is 0 Å². The van der Waals surface area contributed by atoms with Crippen LogP contribution in [0.25, 0.3) is 0 Å². The summed E-state index contributed by atoms with van der Waals surface area (Å²) >= 11 is 0. The minimum atomic E-state index is -0.0780. The van der Waals surface area contributed by atoms with Gasteiger partial charge in [0.15, 0.2) is 0 Å². The lowest BCUT2D eigenvalue weighted by Crippen LogP contribution is -2.30. The maximum absolute atomic E-state index is 6.20. The van der Waals surface area contributed by atoms with E-state index in [1.165, 1.54) is 0 Å². The molecule has 3 unspecified atom stereocenters. The topological polar surface area (TPSA) is 53.7 Å². The fraction of sp³-hybridized carbons (Fsp3) is 0.625. The van der Waals surface area contributed by atoms with Gasteiger partial charge in [0.05, 0.1) is 25.4 Å². The lowest BCUT2D eigenvalue weighted by Gasteiger charge is -2.31. The first-order valence-electron chi connectivity index (χ1n) is 7.29. The van der Waals surface area contributed by atoms with Gasteiger partial charge in [-0.3, -0.25) is 0 Å². The average molecular weight is 279 g/mol. The second-order valence-corrected chi connectivity index (χ2v) is 5.28. The Hall–Kier alpha value is -1.10. The number of nitrogens with two attached hydrogens (primary N) is 1. The number of ether oxygens (including phenoxy) is 3. The Bertz CT molecular complexity index is 410. The molecule has 0 radical (unpaired) electrons. The van der Waals surface area contributed by atoms with Crippen LogP contribution in [0.2, 0.25) is 0 Å². The Morgan fingerprint density at radius 1 is 1.25 bits per heavy atom. The Morgan fingerprint density at radius 3 is 2.75 bits per heavy atom. The molecule has 0 aliphatic heterocycles. The molecule has 4 heteroatoms. The maximum atomic E-state index is 6.20. The lowest BCUT2D eigenvalue weighted by molar-refractivity contribution is -0.0633.